The molecule has 0 saturated carbocycles. The highest BCUT2D eigenvalue weighted by Crippen LogP contribution is 2.18. The van der Waals surface area contributed by atoms with Gasteiger partial charge in [0.05, 0.1) is 12.8 Å². The molecule has 1 N–H and O–H groups in total. The normalized spacial score (nSPS) is 12.1. The second-order valence-corrected chi connectivity index (χ2v) is 4.37. The van der Waals surface area contributed by atoms with E-state index in [2.05, 4.69) is 12.2 Å². The first-order valence-electron chi connectivity index (χ1n) is 6.09. The number of furan rings is 1. The minimum atomic E-state index is 0.0442. The van der Waals surface area contributed by atoms with E-state index in [1.54, 1.807) is 6.26 Å². The Balaban J connectivity index is 1.80. The smallest absolute Gasteiger partial charge is 0.220 e. The Morgan fingerprint density at radius 3 is 2.67 bits per heavy atom. The molecule has 1 atom stereocenters. The van der Waals surface area contributed by atoms with Gasteiger partial charge in [-0.05, 0) is 23.6 Å². The molecule has 0 unspecified atom stereocenters. The van der Waals surface area contributed by atoms with E-state index >= 15 is 0 Å². The summed E-state index contributed by atoms with van der Waals surface area (Å²) in [6.07, 6.45) is 2.10. The van der Waals surface area contributed by atoms with Crippen molar-refractivity contribution in [1.29, 1.82) is 0 Å². The van der Waals surface area contributed by atoms with Crippen molar-refractivity contribution in [2.45, 2.75) is 25.8 Å². The van der Waals surface area contributed by atoms with Crippen LogP contribution in [-0.4, -0.2) is 5.91 Å². The van der Waals surface area contributed by atoms with Gasteiger partial charge in [0.25, 0.3) is 0 Å². The van der Waals surface area contributed by atoms with Gasteiger partial charge >= 0.3 is 0 Å². The van der Waals surface area contributed by atoms with E-state index in [1.165, 1.54) is 5.56 Å². The zero-order valence-corrected chi connectivity index (χ0v) is 10.4. The van der Waals surface area contributed by atoms with Gasteiger partial charge in [0.2, 0.25) is 5.91 Å². The average Bonchev–Trinajstić information content (AvgIpc) is 2.90. The molecule has 0 spiro atoms. The summed E-state index contributed by atoms with van der Waals surface area (Å²) in [6.45, 7) is 2.51. The molecular weight excluding hydrogens is 226 g/mol. The topological polar surface area (TPSA) is 42.2 Å². The number of rotatable bonds is 5. The summed E-state index contributed by atoms with van der Waals surface area (Å²) < 4.78 is 5.16. The third kappa shape index (κ3) is 3.48. The van der Waals surface area contributed by atoms with Gasteiger partial charge in [0, 0.05) is 6.42 Å². The summed E-state index contributed by atoms with van der Waals surface area (Å²) in [5.74, 6) is 1.04. The third-order valence-electron chi connectivity index (χ3n) is 2.90. The first-order chi connectivity index (χ1) is 8.75. The quantitative estimate of drug-likeness (QED) is 0.876. The molecular formula is C15H17NO2. The Labute approximate surface area is 107 Å². The van der Waals surface area contributed by atoms with Gasteiger partial charge in [-0.1, -0.05) is 37.3 Å². The van der Waals surface area contributed by atoms with Gasteiger partial charge in [-0.25, -0.2) is 0 Å². The number of hydrogen-bond acceptors (Lipinski definition) is 2. The molecule has 1 heterocycles. The molecule has 0 aliphatic heterocycles. The van der Waals surface area contributed by atoms with Crippen molar-refractivity contribution in [2.24, 2.45) is 0 Å². The number of carbonyl (C=O) groups excluding carboxylic acids is 1. The maximum Gasteiger partial charge on any atom is 0.220 e. The van der Waals surface area contributed by atoms with E-state index in [0.717, 1.165) is 5.76 Å². The van der Waals surface area contributed by atoms with Crippen LogP contribution >= 0.6 is 0 Å². The van der Waals surface area contributed by atoms with Crippen LogP contribution < -0.4 is 5.32 Å². The zero-order chi connectivity index (χ0) is 12.8. The number of amides is 1. The maximum absolute atomic E-state index is 11.8. The lowest BCUT2D eigenvalue weighted by Crippen LogP contribution is -2.23. The van der Waals surface area contributed by atoms with Crippen LogP contribution in [0.25, 0.3) is 0 Å². The van der Waals surface area contributed by atoms with E-state index in [-0.39, 0.29) is 11.8 Å². The van der Waals surface area contributed by atoms with Crippen LogP contribution in [0.3, 0.4) is 0 Å². The fourth-order valence-corrected chi connectivity index (χ4v) is 1.85. The number of hydrogen-bond donors (Lipinski definition) is 1. The molecule has 0 radical (unpaired) electrons. The number of carbonyl (C=O) groups is 1. The van der Waals surface area contributed by atoms with Crippen LogP contribution in [0.5, 0.6) is 0 Å². The summed E-state index contributed by atoms with van der Waals surface area (Å²) in [7, 11) is 0. The fourth-order valence-electron chi connectivity index (χ4n) is 1.85. The van der Waals surface area contributed by atoms with Crippen LogP contribution in [0.15, 0.2) is 53.1 Å². The van der Waals surface area contributed by atoms with Gasteiger partial charge in [-0.3, -0.25) is 4.79 Å². The van der Waals surface area contributed by atoms with Gasteiger partial charge in [0.1, 0.15) is 5.76 Å². The second kappa shape index (κ2) is 6.05. The van der Waals surface area contributed by atoms with E-state index in [1.807, 2.05) is 42.5 Å². The molecule has 0 aliphatic rings. The molecule has 0 aliphatic carbocycles. The van der Waals surface area contributed by atoms with Crippen molar-refractivity contribution in [1.82, 2.24) is 5.32 Å². The predicted octanol–water partition coefficient (Wildman–Crippen LogP) is 3.09. The van der Waals surface area contributed by atoms with Crippen LogP contribution in [0.1, 0.15) is 30.6 Å². The highest BCUT2D eigenvalue weighted by molar-refractivity contribution is 5.76. The van der Waals surface area contributed by atoms with E-state index in [4.69, 9.17) is 4.42 Å². The summed E-state index contributed by atoms with van der Waals surface area (Å²) in [4.78, 5) is 11.8. The molecule has 18 heavy (non-hydrogen) atoms. The number of nitrogens with one attached hydrogen (secondary N) is 1. The van der Waals surface area contributed by atoms with E-state index < -0.39 is 0 Å². The second-order valence-electron chi connectivity index (χ2n) is 4.37. The standard InChI is InChI=1S/C15H17NO2/c1-12(13-6-3-2-4-7-13)10-15(17)16-11-14-8-5-9-18-14/h2-9,12H,10-11H2,1H3,(H,16,17)/t12-/m0/s1. The van der Waals surface area contributed by atoms with Crippen LogP contribution in [0.4, 0.5) is 0 Å². The van der Waals surface area contributed by atoms with Crippen molar-refractivity contribution in [3.63, 3.8) is 0 Å². The van der Waals surface area contributed by atoms with Crippen molar-refractivity contribution < 1.29 is 9.21 Å². The Bertz CT molecular complexity index is 476. The molecule has 3 nitrogen and oxygen atoms in total. The first kappa shape index (κ1) is 12.4. The first-order valence-corrected chi connectivity index (χ1v) is 6.09. The van der Waals surface area contributed by atoms with Crippen LogP contribution in [-0.2, 0) is 11.3 Å². The molecule has 94 valence electrons. The Morgan fingerprint density at radius 1 is 1.22 bits per heavy atom. The van der Waals surface area contributed by atoms with Gasteiger partial charge in [0.15, 0.2) is 0 Å². The van der Waals surface area contributed by atoms with Crippen molar-refractivity contribution >= 4 is 5.91 Å². The highest BCUT2D eigenvalue weighted by Gasteiger charge is 2.10. The maximum atomic E-state index is 11.8. The van der Waals surface area contributed by atoms with Crippen LogP contribution in [0, 0.1) is 0 Å². The summed E-state index contributed by atoms with van der Waals surface area (Å²) in [5.41, 5.74) is 1.19. The molecule has 1 amide bonds. The van der Waals surface area contributed by atoms with Gasteiger partial charge in [-0.15, -0.1) is 0 Å². The Hall–Kier alpha value is -2.03. The lowest BCUT2D eigenvalue weighted by molar-refractivity contribution is -0.121. The highest BCUT2D eigenvalue weighted by atomic mass is 16.3. The molecule has 0 bridgehead atoms. The van der Waals surface area contributed by atoms with E-state index in [9.17, 15) is 4.79 Å². The van der Waals surface area contributed by atoms with Crippen molar-refractivity contribution in [2.75, 3.05) is 0 Å². The van der Waals surface area contributed by atoms with E-state index in [0.29, 0.717) is 13.0 Å². The molecule has 0 saturated heterocycles. The Kier molecular flexibility index (Phi) is 4.18. The lowest BCUT2D eigenvalue weighted by Gasteiger charge is -2.11. The van der Waals surface area contributed by atoms with Crippen LogP contribution in [0.2, 0.25) is 0 Å². The zero-order valence-electron chi connectivity index (χ0n) is 10.4. The van der Waals surface area contributed by atoms with Crippen molar-refractivity contribution in [3.05, 3.63) is 60.1 Å². The molecule has 1 aromatic carbocycles. The minimum absolute atomic E-state index is 0.0442. The predicted molar refractivity (Wildman–Crippen MR) is 70.0 cm³/mol. The third-order valence-corrected chi connectivity index (χ3v) is 2.90. The number of benzene rings is 1. The minimum Gasteiger partial charge on any atom is -0.467 e. The van der Waals surface area contributed by atoms with Crippen molar-refractivity contribution in [3.8, 4) is 0 Å². The largest absolute Gasteiger partial charge is 0.467 e. The SMILES string of the molecule is C[C@@H](CC(=O)NCc1ccco1)c1ccccc1. The summed E-state index contributed by atoms with van der Waals surface area (Å²) in [6, 6.07) is 13.7. The lowest BCUT2D eigenvalue weighted by atomic mass is 9.98. The summed E-state index contributed by atoms with van der Waals surface area (Å²) >= 11 is 0. The molecule has 2 rings (SSSR count). The van der Waals surface area contributed by atoms with Gasteiger partial charge < -0.3 is 9.73 Å². The monoisotopic (exact) mass is 243 g/mol. The van der Waals surface area contributed by atoms with Gasteiger partial charge in [-0.2, -0.15) is 0 Å². The molecule has 2 aromatic rings. The fraction of sp³-hybridized carbons (Fsp3) is 0.267. The average molecular weight is 243 g/mol. The molecule has 0 fully saturated rings. The molecule has 3 heteroatoms. The molecule has 1 aromatic heterocycles. The summed E-state index contributed by atoms with van der Waals surface area (Å²) in [5, 5.41) is 2.85. The Morgan fingerprint density at radius 2 is 2.00 bits per heavy atom.